The number of nitrogens with one attached hydrogen (secondary N) is 3. The quantitative estimate of drug-likeness (QED) is 0.614. The number of aryl methyl sites for hydroxylation is 1. The lowest BCUT2D eigenvalue weighted by molar-refractivity contribution is -0.129. The Morgan fingerprint density at radius 2 is 1.94 bits per heavy atom. The maximum absolute atomic E-state index is 13.1. The van der Waals surface area contributed by atoms with Crippen LogP contribution in [0.3, 0.4) is 0 Å². The third kappa shape index (κ3) is 4.89. The molecule has 0 aromatic heterocycles. The molecule has 2 fully saturated rings. The maximum Gasteiger partial charge on any atom is 0.237 e. The van der Waals surface area contributed by atoms with Gasteiger partial charge in [-0.2, -0.15) is 0 Å². The van der Waals surface area contributed by atoms with Crippen molar-refractivity contribution in [3.63, 3.8) is 0 Å². The summed E-state index contributed by atoms with van der Waals surface area (Å²) in [4.78, 5) is 27.9. The van der Waals surface area contributed by atoms with E-state index in [1.54, 1.807) is 23.9 Å². The number of nitrogens with zero attached hydrogens (tertiary/aromatic N) is 1. The van der Waals surface area contributed by atoms with Crippen LogP contribution in [0.25, 0.3) is 5.57 Å². The molecule has 0 spiro atoms. The van der Waals surface area contributed by atoms with Gasteiger partial charge in [0.05, 0.1) is 12.0 Å². The number of carbonyl (C=O) groups excluding carboxylic acids is 2. The third-order valence-electron chi connectivity index (χ3n) is 6.81. The Labute approximate surface area is 203 Å². The van der Waals surface area contributed by atoms with Gasteiger partial charge < -0.3 is 10.6 Å². The molecule has 0 aliphatic carbocycles. The molecule has 0 saturated carbocycles. The molecule has 0 radical (unpaired) electrons. The number of hydrogen-bond acceptors (Lipinski definition) is 5. The van der Waals surface area contributed by atoms with Crippen molar-refractivity contribution >= 4 is 29.1 Å². The molecule has 178 valence electrons. The topological polar surface area (TPSA) is 73.5 Å². The molecule has 2 aromatic carbocycles. The van der Waals surface area contributed by atoms with E-state index >= 15 is 0 Å². The first-order valence-electron chi connectivity index (χ1n) is 11.7. The Kier molecular flexibility index (Phi) is 6.72. The van der Waals surface area contributed by atoms with E-state index in [0.29, 0.717) is 13.1 Å². The number of halogens is 1. The van der Waals surface area contributed by atoms with Gasteiger partial charge in [-0.3, -0.25) is 19.8 Å². The maximum atomic E-state index is 13.1. The van der Waals surface area contributed by atoms with Crippen LogP contribution in [0.5, 0.6) is 0 Å². The Balaban J connectivity index is 1.22. The second-order valence-corrected chi connectivity index (χ2v) is 10.2. The molecule has 3 aliphatic rings. The number of rotatable bonds is 5. The van der Waals surface area contributed by atoms with Crippen molar-refractivity contribution in [3.05, 3.63) is 76.4 Å². The minimum atomic E-state index is -0.311. The van der Waals surface area contributed by atoms with E-state index in [4.69, 9.17) is 0 Å². The minimum absolute atomic E-state index is 0.00861. The highest BCUT2D eigenvalue weighted by Crippen LogP contribution is 2.38. The fourth-order valence-corrected chi connectivity index (χ4v) is 6.01. The number of carbonyl (C=O) groups is 2. The standard InChI is InChI=1S/C26H29FN4O2S/c1-16-4-8-18(9-5-16)21-15-34-23-22(21)29-26(30-25(23)33)31-12-2-3-19(14-31)24(32)28-13-17-6-10-20(27)11-7-17/h4-11,15,19,22-23,26,29H,2-3,12-14H2,1H3,(H,28,32)(H,30,33). The lowest BCUT2D eigenvalue weighted by atomic mass is 9.94. The van der Waals surface area contributed by atoms with Crippen molar-refractivity contribution in [2.75, 3.05) is 13.1 Å². The number of piperidine rings is 1. The highest BCUT2D eigenvalue weighted by molar-refractivity contribution is 8.04. The van der Waals surface area contributed by atoms with E-state index in [-0.39, 0.29) is 41.1 Å². The summed E-state index contributed by atoms with van der Waals surface area (Å²) >= 11 is 1.56. The van der Waals surface area contributed by atoms with Gasteiger partial charge >= 0.3 is 0 Å². The second kappa shape index (κ2) is 9.90. The molecule has 34 heavy (non-hydrogen) atoms. The van der Waals surface area contributed by atoms with E-state index in [0.717, 1.165) is 36.1 Å². The Morgan fingerprint density at radius 3 is 2.71 bits per heavy atom. The molecule has 3 aliphatic heterocycles. The van der Waals surface area contributed by atoms with Crippen molar-refractivity contribution in [2.45, 2.75) is 43.9 Å². The predicted molar refractivity (Wildman–Crippen MR) is 132 cm³/mol. The van der Waals surface area contributed by atoms with E-state index in [1.807, 2.05) is 0 Å². The molecular weight excluding hydrogens is 451 g/mol. The number of hydrogen-bond donors (Lipinski definition) is 3. The molecule has 4 atom stereocenters. The van der Waals surface area contributed by atoms with E-state index in [9.17, 15) is 14.0 Å². The molecular formula is C26H29FN4O2S. The van der Waals surface area contributed by atoms with Crippen molar-refractivity contribution in [2.24, 2.45) is 5.92 Å². The first kappa shape index (κ1) is 23.1. The van der Waals surface area contributed by atoms with Crippen molar-refractivity contribution < 1.29 is 14.0 Å². The van der Waals surface area contributed by atoms with Gasteiger partial charge in [0.2, 0.25) is 11.8 Å². The summed E-state index contributed by atoms with van der Waals surface area (Å²) in [6, 6.07) is 14.5. The zero-order valence-electron chi connectivity index (χ0n) is 19.1. The summed E-state index contributed by atoms with van der Waals surface area (Å²) < 4.78 is 13.1. The molecule has 6 nitrogen and oxygen atoms in total. The molecule has 0 bridgehead atoms. The van der Waals surface area contributed by atoms with Crippen LogP contribution < -0.4 is 16.0 Å². The van der Waals surface area contributed by atoms with Gasteiger partial charge in [-0.1, -0.05) is 42.0 Å². The first-order valence-corrected chi connectivity index (χ1v) is 12.7. The largest absolute Gasteiger partial charge is 0.352 e. The van der Waals surface area contributed by atoms with Crippen molar-refractivity contribution in [1.29, 1.82) is 0 Å². The summed E-state index contributed by atoms with van der Waals surface area (Å²) in [5.41, 5.74) is 4.34. The summed E-state index contributed by atoms with van der Waals surface area (Å²) in [5, 5.41) is 11.6. The highest BCUT2D eigenvalue weighted by atomic mass is 32.2. The first-order chi connectivity index (χ1) is 16.5. The zero-order valence-corrected chi connectivity index (χ0v) is 19.9. The monoisotopic (exact) mass is 480 g/mol. The lowest BCUT2D eigenvalue weighted by Gasteiger charge is -2.43. The molecule has 2 amide bonds. The van der Waals surface area contributed by atoms with Gasteiger partial charge in [0.15, 0.2) is 0 Å². The molecule has 2 saturated heterocycles. The molecule has 8 heteroatoms. The second-order valence-electron chi connectivity index (χ2n) is 9.23. The van der Waals surface area contributed by atoms with E-state index in [2.05, 4.69) is 57.4 Å². The van der Waals surface area contributed by atoms with Crippen LogP contribution in [0.2, 0.25) is 0 Å². The Hall–Kier alpha value is -2.68. The van der Waals surface area contributed by atoms with Crippen LogP contribution in [0.1, 0.15) is 29.5 Å². The average Bonchev–Trinajstić information content (AvgIpc) is 3.29. The molecule has 3 heterocycles. The summed E-state index contributed by atoms with van der Waals surface area (Å²) in [6.45, 7) is 3.82. The average molecular weight is 481 g/mol. The lowest BCUT2D eigenvalue weighted by Crippen LogP contribution is -2.69. The van der Waals surface area contributed by atoms with E-state index < -0.39 is 0 Å². The van der Waals surface area contributed by atoms with Crippen LogP contribution in [0.15, 0.2) is 53.9 Å². The Morgan fingerprint density at radius 1 is 1.18 bits per heavy atom. The van der Waals surface area contributed by atoms with Crippen LogP contribution in [0.4, 0.5) is 4.39 Å². The summed E-state index contributed by atoms with van der Waals surface area (Å²) in [5.74, 6) is -0.426. The summed E-state index contributed by atoms with van der Waals surface area (Å²) in [6.07, 6.45) is 1.38. The van der Waals surface area contributed by atoms with Crippen molar-refractivity contribution in [1.82, 2.24) is 20.9 Å². The minimum Gasteiger partial charge on any atom is -0.352 e. The van der Waals surface area contributed by atoms with E-state index in [1.165, 1.54) is 17.7 Å². The Bertz CT molecular complexity index is 1090. The number of amides is 2. The molecule has 5 rings (SSSR count). The van der Waals surface area contributed by atoms with Gasteiger partial charge in [-0.25, -0.2) is 4.39 Å². The van der Waals surface area contributed by atoms with Crippen LogP contribution in [-0.4, -0.2) is 47.4 Å². The normalized spacial score (nSPS) is 27.0. The third-order valence-corrected chi connectivity index (χ3v) is 7.98. The number of thioether (sulfide) groups is 1. The van der Waals surface area contributed by atoms with Gasteiger partial charge in [0.25, 0.3) is 0 Å². The van der Waals surface area contributed by atoms with Gasteiger partial charge in [-0.05, 0) is 54.0 Å². The number of fused-ring (bicyclic) bond motifs is 1. The number of likely N-dealkylation sites (tertiary alicyclic amines) is 1. The molecule has 3 N–H and O–H groups in total. The van der Waals surface area contributed by atoms with Crippen molar-refractivity contribution in [3.8, 4) is 0 Å². The molecule has 2 aromatic rings. The smallest absolute Gasteiger partial charge is 0.237 e. The molecule has 4 unspecified atom stereocenters. The SMILES string of the molecule is Cc1ccc(C2=CSC3C(=O)NC(N4CCCC(C(=O)NCc5ccc(F)cc5)C4)NC23)cc1. The fourth-order valence-electron chi connectivity index (χ4n) is 4.86. The van der Waals surface area contributed by atoms with Crippen LogP contribution in [-0.2, 0) is 16.1 Å². The predicted octanol–water partition coefficient (Wildman–Crippen LogP) is 2.99. The zero-order chi connectivity index (χ0) is 23.7. The van der Waals surface area contributed by atoms with Crippen LogP contribution >= 0.6 is 11.8 Å². The van der Waals surface area contributed by atoms with Gasteiger partial charge in [-0.15, -0.1) is 11.8 Å². The summed E-state index contributed by atoms with van der Waals surface area (Å²) in [7, 11) is 0. The van der Waals surface area contributed by atoms with Gasteiger partial charge in [0, 0.05) is 19.6 Å². The van der Waals surface area contributed by atoms with Gasteiger partial charge in [0.1, 0.15) is 17.4 Å². The fraction of sp³-hybridized carbons (Fsp3) is 0.385. The van der Waals surface area contributed by atoms with Crippen LogP contribution in [0, 0.1) is 18.7 Å². The number of benzene rings is 2. The highest BCUT2D eigenvalue weighted by Gasteiger charge is 2.44.